The molecule has 4 heteroatoms. The van der Waals surface area contributed by atoms with E-state index in [9.17, 15) is 4.79 Å². The third kappa shape index (κ3) is 0.630. The van der Waals surface area contributed by atoms with Crippen molar-refractivity contribution in [2.45, 2.75) is 11.5 Å². The Labute approximate surface area is 62.7 Å². The van der Waals surface area contributed by atoms with Crippen LogP contribution in [-0.2, 0) is 4.79 Å². The van der Waals surface area contributed by atoms with Gasteiger partial charge in [-0.1, -0.05) is 6.08 Å². The topological polar surface area (TPSA) is 40.5 Å². The second-order valence-corrected chi connectivity index (χ2v) is 3.45. The molecule has 0 aliphatic carbocycles. The molecule has 0 bridgehead atoms. The normalized spacial score (nSPS) is 37.3. The lowest BCUT2D eigenvalue weighted by molar-refractivity contribution is -0.153. The van der Waals surface area contributed by atoms with Crippen LogP contribution in [-0.4, -0.2) is 33.1 Å². The first-order valence-electron chi connectivity index (χ1n) is 3.09. The van der Waals surface area contributed by atoms with Gasteiger partial charge in [0.25, 0.3) is 5.91 Å². The Morgan fingerprint density at radius 2 is 2.60 bits per heavy atom. The highest BCUT2D eigenvalue weighted by Gasteiger charge is 2.46. The highest BCUT2D eigenvalue weighted by Crippen LogP contribution is 2.32. The van der Waals surface area contributed by atoms with E-state index in [0.29, 0.717) is 0 Å². The lowest BCUT2D eigenvalue weighted by atomic mass is 10.1. The maximum absolute atomic E-state index is 10.8. The van der Waals surface area contributed by atoms with Crippen molar-refractivity contribution in [3.8, 4) is 0 Å². The fraction of sp³-hybridized carbons (Fsp3) is 0.500. The summed E-state index contributed by atoms with van der Waals surface area (Å²) in [5.74, 6) is 0.722. The molecule has 0 aromatic rings. The van der Waals surface area contributed by atoms with Crippen molar-refractivity contribution < 1.29 is 9.90 Å². The van der Waals surface area contributed by atoms with E-state index in [-0.39, 0.29) is 11.3 Å². The zero-order chi connectivity index (χ0) is 7.14. The van der Waals surface area contributed by atoms with Crippen molar-refractivity contribution in [3.05, 3.63) is 12.3 Å². The van der Waals surface area contributed by atoms with E-state index < -0.39 is 6.10 Å². The van der Waals surface area contributed by atoms with Gasteiger partial charge in [-0.3, -0.25) is 4.79 Å². The molecule has 0 radical (unpaired) electrons. The van der Waals surface area contributed by atoms with Gasteiger partial charge in [-0.2, -0.15) is 0 Å². The van der Waals surface area contributed by atoms with Gasteiger partial charge in [0.2, 0.25) is 0 Å². The van der Waals surface area contributed by atoms with Crippen molar-refractivity contribution in [2.24, 2.45) is 0 Å². The van der Waals surface area contributed by atoms with Crippen LogP contribution in [0.1, 0.15) is 0 Å². The lowest BCUT2D eigenvalue weighted by Crippen LogP contribution is -2.61. The van der Waals surface area contributed by atoms with Crippen molar-refractivity contribution in [1.29, 1.82) is 0 Å². The molecule has 54 valence electrons. The van der Waals surface area contributed by atoms with Gasteiger partial charge in [0.05, 0.1) is 0 Å². The standard InChI is InChI=1S/C6H7NO2S/c8-4-5(9)7-2-1-3-10-6(4)7/h1-2,4,6,8H,3H2/t4?,6-/m0/s1. The number of aliphatic hydroxyl groups excluding tert-OH is 1. The van der Waals surface area contributed by atoms with Crippen molar-refractivity contribution in [3.63, 3.8) is 0 Å². The molecular weight excluding hydrogens is 150 g/mol. The lowest BCUT2D eigenvalue weighted by Gasteiger charge is -2.43. The fourth-order valence-electron chi connectivity index (χ4n) is 1.11. The van der Waals surface area contributed by atoms with Gasteiger partial charge in [0.15, 0.2) is 6.10 Å². The Morgan fingerprint density at radius 3 is 3.30 bits per heavy atom. The minimum absolute atomic E-state index is 0.00231. The maximum atomic E-state index is 10.8. The van der Waals surface area contributed by atoms with Crippen LogP contribution in [0.3, 0.4) is 0 Å². The zero-order valence-corrected chi connectivity index (χ0v) is 6.04. The van der Waals surface area contributed by atoms with Crippen LogP contribution in [0.15, 0.2) is 12.3 Å². The number of hydrogen-bond acceptors (Lipinski definition) is 3. The molecule has 2 rings (SSSR count). The van der Waals surface area contributed by atoms with Crippen LogP contribution in [0, 0.1) is 0 Å². The number of carbonyl (C=O) groups excluding carboxylic acids is 1. The number of carbonyl (C=O) groups is 1. The van der Waals surface area contributed by atoms with Crippen LogP contribution >= 0.6 is 11.8 Å². The number of hydrogen-bond donors (Lipinski definition) is 1. The fourth-order valence-corrected chi connectivity index (χ4v) is 2.14. The number of rotatable bonds is 0. The highest BCUT2D eigenvalue weighted by atomic mass is 32.2. The zero-order valence-electron chi connectivity index (χ0n) is 5.23. The molecule has 2 aliphatic rings. The summed E-state index contributed by atoms with van der Waals surface area (Å²) in [5.41, 5.74) is 0. The van der Waals surface area contributed by atoms with Gasteiger partial charge >= 0.3 is 0 Å². The number of aliphatic hydroxyl groups is 1. The van der Waals surface area contributed by atoms with E-state index in [4.69, 9.17) is 5.11 Å². The molecule has 2 heterocycles. The average Bonchev–Trinajstić information content (AvgIpc) is 2.03. The van der Waals surface area contributed by atoms with Crippen molar-refractivity contribution >= 4 is 17.7 Å². The first kappa shape index (κ1) is 6.24. The monoisotopic (exact) mass is 157 g/mol. The maximum Gasteiger partial charge on any atom is 0.259 e. The summed E-state index contributed by atoms with van der Waals surface area (Å²) in [5, 5.41) is 9.06. The quantitative estimate of drug-likeness (QED) is 0.494. The Bertz CT molecular complexity index is 204. The number of thioether (sulfide) groups is 1. The first-order chi connectivity index (χ1) is 4.80. The van der Waals surface area contributed by atoms with E-state index in [1.54, 1.807) is 22.9 Å². The number of nitrogens with zero attached hydrogens (tertiary/aromatic N) is 1. The average molecular weight is 157 g/mol. The molecule has 1 amide bonds. The smallest absolute Gasteiger partial charge is 0.259 e. The number of fused-ring (bicyclic) bond motifs is 1. The van der Waals surface area contributed by atoms with E-state index in [2.05, 4.69) is 0 Å². The van der Waals surface area contributed by atoms with Gasteiger partial charge in [0, 0.05) is 12.0 Å². The molecule has 1 unspecified atom stereocenters. The Balaban J connectivity index is 2.18. The molecule has 2 atom stereocenters. The minimum Gasteiger partial charge on any atom is -0.380 e. The van der Waals surface area contributed by atoms with Crippen LogP contribution in [0.4, 0.5) is 0 Å². The molecule has 0 spiro atoms. The third-order valence-corrected chi connectivity index (χ3v) is 2.89. The Kier molecular flexibility index (Phi) is 1.25. The van der Waals surface area contributed by atoms with Crippen LogP contribution in [0.5, 0.6) is 0 Å². The Morgan fingerprint density at radius 1 is 1.80 bits per heavy atom. The van der Waals surface area contributed by atoms with Gasteiger partial charge < -0.3 is 10.0 Å². The third-order valence-electron chi connectivity index (χ3n) is 1.68. The van der Waals surface area contributed by atoms with Crippen LogP contribution < -0.4 is 0 Å². The Hall–Kier alpha value is -0.480. The van der Waals surface area contributed by atoms with E-state index in [1.165, 1.54) is 0 Å². The van der Waals surface area contributed by atoms with Crippen LogP contribution in [0.25, 0.3) is 0 Å². The molecule has 0 aromatic heterocycles. The van der Waals surface area contributed by atoms with E-state index in [1.807, 2.05) is 6.08 Å². The summed E-state index contributed by atoms with van der Waals surface area (Å²) in [7, 11) is 0. The molecule has 1 N–H and O–H groups in total. The van der Waals surface area contributed by atoms with Gasteiger partial charge in [-0.05, 0) is 0 Å². The SMILES string of the molecule is O=C1C(O)[C@@H]2SCC=CN12. The van der Waals surface area contributed by atoms with E-state index >= 15 is 0 Å². The second kappa shape index (κ2) is 2.00. The summed E-state index contributed by atoms with van der Waals surface area (Å²) in [6, 6.07) is 0. The molecular formula is C6H7NO2S. The van der Waals surface area contributed by atoms with E-state index in [0.717, 1.165) is 5.75 Å². The van der Waals surface area contributed by atoms with Gasteiger partial charge in [0.1, 0.15) is 5.37 Å². The van der Waals surface area contributed by atoms with Gasteiger partial charge in [-0.25, -0.2) is 0 Å². The molecule has 10 heavy (non-hydrogen) atoms. The molecule has 1 fully saturated rings. The summed E-state index contributed by atoms with van der Waals surface area (Å²) < 4.78 is 0. The van der Waals surface area contributed by atoms with Crippen molar-refractivity contribution in [1.82, 2.24) is 4.90 Å². The number of β-lactam (4-membered cyclic amide) rings is 1. The molecule has 0 saturated carbocycles. The minimum atomic E-state index is -0.755. The highest BCUT2D eigenvalue weighted by molar-refractivity contribution is 8.00. The molecule has 3 nitrogen and oxygen atoms in total. The number of amides is 1. The predicted molar refractivity (Wildman–Crippen MR) is 38.2 cm³/mol. The molecule has 2 aliphatic heterocycles. The summed E-state index contributed by atoms with van der Waals surface area (Å²) in [4.78, 5) is 12.4. The summed E-state index contributed by atoms with van der Waals surface area (Å²) >= 11 is 1.59. The largest absolute Gasteiger partial charge is 0.380 e. The van der Waals surface area contributed by atoms with Crippen LogP contribution in [0.2, 0.25) is 0 Å². The molecule has 1 saturated heterocycles. The molecule has 0 aromatic carbocycles. The summed E-state index contributed by atoms with van der Waals surface area (Å²) in [6.07, 6.45) is 2.91. The second-order valence-electron chi connectivity index (χ2n) is 2.30. The van der Waals surface area contributed by atoms with Gasteiger partial charge in [-0.15, -0.1) is 11.8 Å². The van der Waals surface area contributed by atoms with Crippen molar-refractivity contribution in [2.75, 3.05) is 5.75 Å². The summed E-state index contributed by atoms with van der Waals surface area (Å²) in [6.45, 7) is 0. The first-order valence-corrected chi connectivity index (χ1v) is 4.14. The predicted octanol–water partition coefficient (Wildman–Crippen LogP) is -0.224.